The first-order chi connectivity index (χ1) is 7.90. The van der Waals surface area contributed by atoms with Gasteiger partial charge in [-0.2, -0.15) is 0 Å². The van der Waals surface area contributed by atoms with Gasteiger partial charge in [-0.15, -0.1) is 0 Å². The van der Waals surface area contributed by atoms with Crippen molar-refractivity contribution < 1.29 is 4.79 Å². The van der Waals surface area contributed by atoms with Crippen LogP contribution < -0.4 is 10.6 Å². The van der Waals surface area contributed by atoms with Gasteiger partial charge in [0.15, 0.2) is 0 Å². The van der Waals surface area contributed by atoms with E-state index in [1.54, 1.807) is 0 Å². The monoisotopic (exact) mass is 234 g/mol. The van der Waals surface area contributed by atoms with Gasteiger partial charge in [0.05, 0.1) is 0 Å². The van der Waals surface area contributed by atoms with Gasteiger partial charge in [-0.3, -0.25) is 0 Å². The van der Waals surface area contributed by atoms with Gasteiger partial charge in [0, 0.05) is 11.7 Å². The summed E-state index contributed by atoms with van der Waals surface area (Å²) < 4.78 is 0. The second-order valence-corrected chi connectivity index (χ2v) is 4.95. The van der Waals surface area contributed by atoms with E-state index in [0.717, 1.165) is 16.8 Å². The van der Waals surface area contributed by atoms with Crippen molar-refractivity contribution in [1.29, 1.82) is 0 Å². The van der Waals surface area contributed by atoms with Gasteiger partial charge in [0.2, 0.25) is 0 Å². The van der Waals surface area contributed by atoms with Crippen LogP contribution in [0.3, 0.4) is 0 Å². The van der Waals surface area contributed by atoms with Crippen LogP contribution in [0.25, 0.3) is 0 Å². The first-order valence-electron chi connectivity index (χ1n) is 6.05. The molecular weight excluding hydrogens is 212 g/mol. The Morgan fingerprint density at radius 2 is 1.82 bits per heavy atom. The molecule has 2 amide bonds. The highest BCUT2D eigenvalue weighted by Gasteiger charge is 2.11. The maximum atomic E-state index is 11.8. The van der Waals surface area contributed by atoms with E-state index in [2.05, 4.69) is 24.5 Å². The third-order valence-electron chi connectivity index (χ3n) is 3.00. The van der Waals surface area contributed by atoms with Crippen LogP contribution in [-0.4, -0.2) is 12.1 Å². The lowest BCUT2D eigenvalue weighted by atomic mass is 10.1. The lowest BCUT2D eigenvalue weighted by Gasteiger charge is -2.18. The molecule has 1 unspecified atom stereocenters. The van der Waals surface area contributed by atoms with Crippen molar-refractivity contribution in [3.05, 3.63) is 29.3 Å². The van der Waals surface area contributed by atoms with Crippen LogP contribution in [0.15, 0.2) is 18.2 Å². The fraction of sp³-hybridized carbons (Fsp3) is 0.500. The number of carbonyl (C=O) groups is 1. The molecule has 1 aromatic rings. The van der Waals surface area contributed by atoms with Crippen molar-refractivity contribution in [1.82, 2.24) is 5.32 Å². The number of hydrogen-bond acceptors (Lipinski definition) is 1. The summed E-state index contributed by atoms with van der Waals surface area (Å²) >= 11 is 0. The lowest BCUT2D eigenvalue weighted by molar-refractivity contribution is 0.246. The molecule has 0 bridgehead atoms. The fourth-order valence-corrected chi connectivity index (χ4v) is 1.40. The van der Waals surface area contributed by atoms with E-state index in [4.69, 9.17) is 0 Å². The van der Waals surface area contributed by atoms with Gasteiger partial charge in [0.25, 0.3) is 0 Å². The van der Waals surface area contributed by atoms with E-state index in [-0.39, 0.29) is 12.1 Å². The summed E-state index contributed by atoms with van der Waals surface area (Å²) in [4.78, 5) is 11.8. The summed E-state index contributed by atoms with van der Waals surface area (Å²) in [5.41, 5.74) is 3.09. The van der Waals surface area contributed by atoms with Crippen LogP contribution in [0.2, 0.25) is 0 Å². The maximum absolute atomic E-state index is 11.8. The molecule has 0 spiro atoms. The summed E-state index contributed by atoms with van der Waals surface area (Å²) in [6.07, 6.45) is 0. The summed E-state index contributed by atoms with van der Waals surface area (Å²) in [6, 6.07) is 6.06. The first kappa shape index (κ1) is 13.6. The Morgan fingerprint density at radius 3 is 2.41 bits per heavy atom. The molecule has 0 aliphatic rings. The molecular formula is C14H22N2O. The van der Waals surface area contributed by atoms with Crippen molar-refractivity contribution in [2.24, 2.45) is 5.92 Å². The quantitative estimate of drug-likeness (QED) is 0.826. The third kappa shape index (κ3) is 4.10. The molecule has 0 aliphatic heterocycles. The van der Waals surface area contributed by atoms with Crippen molar-refractivity contribution >= 4 is 11.7 Å². The number of hydrogen-bond donors (Lipinski definition) is 2. The Bertz CT molecular complexity index is 399. The molecule has 0 radical (unpaired) electrons. The highest BCUT2D eigenvalue weighted by Crippen LogP contribution is 2.16. The molecule has 1 rings (SSSR count). The smallest absolute Gasteiger partial charge is 0.319 e. The Balaban J connectivity index is 2.65. The molecule has 0 heterocycles. The largest absolute Gasteiger partial charge is 0.335 e. The predicted molar refractivity (Wildman–Crippen MR) is 72.4 cm³/mol. The van der Waals surface area contributed by atoms with E-state index in [0.29, 0.717) is 5.92 Å². The second-order valence-electron chi connectivity index (χ2n) is 4.95. The minimum absolute atomic E-state index is 0.139. The topological polar surface area (TPSA) is 41.1 Å². The van der Waals surface area contributed by atoms with E-state index < -0.39 is 0 Å². The van der Waals surface area contributed by atoms with Crippen molar-refractivity contribution in [2.75, 3.05) is 5.32 Å². The SMILES string of the molecule is Cc1ccc(C)c(NC(=O)NC(C)C(C)C)c1. The van der Waals surface area contributed by atoms with Crippen LogP contribution in [0.4, 0.5) is 10.5 Å². The highest BCUT2D eigenvalue weighted by molar-refractivity contribution is 5.90. The summed E-state index contributed by atoms with van der Waals surface area (Å²) in [5, 5.41) is 5.81. The van der Waals surface area contributed by atoms with Crippen LogP contribution in [-0.2, 0) is 0 Å². The van der Waals surface area contributed by atoms with Crippen molar-refractivity contribution in [3.63, 3.8) is 0 Å². The molecule has 2 N–H and O–H groups in total. The molecule has 3 nitrogen and oxygen atoms in total. The minimum Gasteiger partial charge on any atom is -0.335 e. The normalized spacial score (nSPS) is 12.4. The Labute approximate surface area is 104 Å². The van der Waals surface area contributed by atoms with Crippen LogP contribution in [0.1, 0.15) is 31.9 Å². The van der Waals surface area contributed by atoms with Gasteiger partial charge < -0.3 is 10.6 Å². The third-order valence-corrected chi connectivity index (χ3v) is 3.00. The molecule has 0 saturated carbocycles. The fourth-order valence-electron chi connectivity index (χ4n) is 1.40. The number of rotatable bonds is 3. The summed E-state index contributed by atoms with van der Waals surface area (Å²) in [6.45, 7) is 10.2. The molecule has 3 heteroatoms. The standard InChI is InChI=1S/C14H22N2O/c1-9(2)12(5)15-14(17)16-13-8-10(3)6-7-11(13)4/h6-9,12H,1-5H3,(H2,15,16,17). The van der Waals surface area contributed by atoms with Gasteiger partial charge >= 0.3 is 6.03 Å². The molecule has 1 aromatic carbocycles. The van der Waals surface area contributed by atoms with Crippen molar-refractivity contribution in [2.45, 2.75) is 40.7 Å². The van der Waals surface area contributed by atoms with Gasteiger partial charge in [-0.05, 0) is 43.9 Å². The molecule has 1 atom stereocenters. The van der Waals surface area contributed by atoms with Crippen LogP contribution >= 0.6 is 0 Å². The average Bonchev–Trinajstić information content (AvgIpc) is 2.23. The molecule has 0 fully saturated rings. The number of benzene rings is 1. The number of nitrogens with one attached hydrogen (secondary N) is 2. The van der Waals surface area contributed by atoms with Gasteiger partial charge in [-0.25, -0.2) is 4.79 Å². The lowest BCUT2D eigenvalue weighted by Crippen LogP contribution is -2.39. The van der Waals surface area contributed by atoms with Gasteiger partial charge in [0.1, 0.15) is 0 Å². The predicted octanol–water partition coefficient (Wildman–Crippen LogP) is 3.47. The molecule has 0 aliphatic carbocycles. The number of aryl methyl sites for hydroxylation is 2. The van der Waals surface area contributed by atoms with E-state index in [1.165, 1.54) is 0 Å². The zero-order valence-corrected chi connectivity index (χ0v) is 11.3. The Morgan fingerprint density at radius 1 is 1.18 bits per heavy atom. The van der Waals surface area contributed by atoms with Crippen LogP contribution in [0.5, 0.6) is 0 Å². The Hall–Kier alpha value is -1.51. The Kier molecular flexibility index (Phi) is 4.55. The molecule has 0 aromatic heterocycles. The van der Waals surface area contributed by atoms with E-state index in [1.807, 2.05) is 39.0 Å². The molecule has 94 valence electrons. The maximum Gasteiger partial charge on any atom is 0.319 e. The zero-order valence-electron chi connectivity index (χ0n) is 11.3. The average molecular weight is 234 g/mol. The van der Waals surface area contributed by atoms with E-state index >= 15 is 0 Å². The van der Waals surface area contributed by atoms with Crippen LogP contribution in [0, 0.1) is 19.8 Å². The first-order valence-corrected chi connectivity index (χ1v) is 6.05. The zero-order chi connectivity index (χ0) is 13.0. The number of amides is 2. The molecule has 17 heavy (non-hydrogen) atoms. The highest BCUT2D eigenvalue weighted by atomic mass is 16.2. The summed E-state index contributed by atoms with van der Waals surface area (Å²) in [5.74, 6) is 0.430. The minimum atomic E-state index is -0.139. The van der Waals surface area contributed by atoms with E-state index in [9.17, 15) is 4.79 Å². The second kappa shape index (κ2) is 5.71. The number of anilines is 1. The summed E-state index contributed by atoms with van der Waals surface area (Å²) in [7, 11) is 0. The molecule has 0 saturated heterocycles. The van der Waals surface area contributed by atoms with Gasteiger partial charge in [-0.1, -0.05) is 26.0 Å². The number of carbonyl (C=O) groups excluding carboxylic acids is 1. The van der Waals surface area contributed by atoms with Crippen molar-refractivity contribution in [3.8, 4) is 0 Å². The number of urea groups is 1.